The molecular weight excluding hydrogens is 352 g/mol. The predicted molar refractivity (Wildman–Crippen MR) is 108 cm³/mol. The summed E-state index contributed by atoms with van der Waals surface area (Å²) in [4.78, 5) is 0. The van der Waals surface area contributed by atoms with Crippen molar-refractivity contribution in [3.63, 3.8) is 0 Å². The van der Waals surface area contributed by atoms with Gasteiger partial charge in [-0.05, 0) is 87.4 Å². The van der Waals surface area contributed by atoms with E-state index in [2.05, 4.69) is 39.7 Å². The van der Waals surface area contributed by atoms with Crippen LogP contribution in [-0.2, 0) is 10.0 Å². The highest BCUT2D eigenvalue weighted by Crippen LogP contribution is 2.28. The maximum Gasteiger partial charge on any atom is 0.216 e. The average molecular weight is 381 g/mol. The van der Waals surface area contributed by atoms with E-state index < -0.39 is 14.8 Å². The van der Waals surface area contributed by atoms with Crippen LogP contribution in [-0.4, -0.2) is 25.8 Å². The summed E-state index contributed by atoms with van der Waals surface area (Å²) in [5.74, 6) is 0.605. The lowest BCUT2D eigenvalue weighted by molar-refractivity contribution is 0.322. The molecule has 2 N–H and O–H groups in total. The number of hydrogen-bond donors (Lipinski definition) is 2. The lowest BCUT2D eigenvalue weighted by Crippen LogP contribution is -2.46. The number of hydrogen-bond acceptors (Lipinski definition) is 4. The summed E-state index contributed by atoms with van der Waals surface area (Å²) in [5.41, 5.74) is 1.17. The Morgan fingerprint density at radius 2 is 1.84 bits per heavy atom. The van der Waals surface area contributed by atoms with Crippen LogP contribution in [0.4, 0.5) is 5.69 Å². The minimum atomic E-state index is -3.25. The molecule has 0 amide bonds. The Bertz CT molecular complexity index is 813. The lowest BCUT2D eigenvalue weighted by atomic mass is 9.86. The molecule has 25 heavy (non-hydrogen) atoms. The summed E-state index contributed by atoms with van der Waals surface area (Å²) >= 11 is 1.76. The Balaban J connectivity index is 1.48. The zero-order valence-corrected chi connectivity index (χ0v) is 16.8. The molecule has 0 spiro atoms. The van der Waals surface area contributed by atoms with Gasteiger partial charge >= 0.3 is 0 Å². The molecule has 1 fully saturated rings. The van der Waals surface area contributed by atoms with Crippen molar-refractivity contribution in [1.29, 1.82) is 0 Å². The van der Waals surface area contributed by atoms with E-state index in [9.17, 15) is 8.42 Å². The third-order valence-electron chi connectivity index (χ3n) is 5.02. The van der Waals surface area contributed by atoms with Crippen molar-refractivity contribution in [3.8, 4) is 0 Å². The zero-order valence-electron chi connectivity index (χ0n) is 15.2. The largest absolute Gasteiger partial charge is 0.385 e. The van der Waals surface area contributed by atoms with E-state index in [0.717, 1.165) is 32.2 Å². The van der Waals surface area contributed by atoms with Gasteiger partial charge in [-0.3, -0.25) is 0 Å². The molecule has 1 heterocycles. The van der Waals surface area contributed by atoms with Crippen LogP contribution in [0.1, 0.15) is 46.5 Å². The second-order valence-corrected chi connectivity index (χ2v) is 11.4. The van der Waals surface area contributed by atoms with E-state index in [0.29, 0.717) is 5.92 Å². The molecule has 1 aliphatic rings. The maximum atomic E-state index is 12.3. The molecule has 1 aromatic carbocycles. The van der Waals surface area contributed by atoms with Crippen LogP contribution in [0.2, 0.25) is 0 Å². The first-order valence-electron chi connectivity index (χ1n) is 8.97. The van der Waals surface area contributed by atoms with Gasteiger partial charge in [0.05, 0.1) is 4.75 Å². The molecule has 1 aromatic heterocycles. The van der Waals surface area contributed by atoms with E-state index in [1.807, 2.05) is 0 Å². The lowest BCUT2D eigenvalue weighted by Gasteiger charge is -2.31. The highest BCUT2D eigenvalue weighted by molar-refractivity contribution is 7.90. The molecule has 0 radical (unpaired) electrons. The van der Waals surface area contributed by atoms with Crippen molar-refractivity contribution in [2.75, 3.05) is 11.9 Å². The minimum Gasteiger partial charge on any atom is -0.385 e. The number of rotatable bonds is 5. The summed E-state index contributed by atoms with van der Waals surface area (Å²) in [6.07, 6.45) is 3.96. The van der Waals surface area contributed by atoms with Gasteiger partial charge in [-0.15, -0.1) is 11.3 Å². The molecule has 138 valence electrons. The average Bonchev–Trinajstić information content (AvgIpc) is 3.00. The summed E-state index contributed by atoms with van der Waals surface area (Å²) in [6, 6.07) is 8.75. The van der Waals surface area contributed by atoms with Crippen molar-refractivity contribution >= 4 is 37.1 Å². The van der Waals surface area contributed by atoms with Crippen LogP contribution in [0.25, 0.3) is 10.1 Å². The molecule has 0 atom stereocenters. The van der Waals surface area contributed by atoms with Crippen molar-refractivity contribution in [3.05, 3.63) is 29.6 Å². The SMILES string of the molecule is CC(C)(C)S(=O)(=O)N[C@H]1CC[C@H](CNc2ccc3sccc3c2)CC1. The van der Waals surface area contributed by atoms with Crippen LogP contribution >= 0.6 is 11.3 Å². The first-order chi connectivity index (χ1) is 11.7. The second-order valence-electron chi connectivity index (χ2n) is 8.01. The number of benzene rings is 1. The van der Waals surface area contributed by atoms with Gasteiger partial charge in [-0.25, -0.2) is 13.1 Å². The molecule has 1 saturated carbocycles. The van der Waals surface area contributed by atoms with E-state index in [1.165, 1.54) is 15.8 Å². The first kappa shape index (κ1) is 18.7. The molecular formula is C19H28N2O2S2. The molecule has 0 aliphatic heterocycles. The van der Waals surface area contributed by atoms with Gasteiger partial charge in [0, 0.05) is 23.0 Å². The summed E-state index contributed by atoms with van der Waals surface area (Å²) in [5, 5.41) is 6.96. The van der Waals surface area contributed by atoms with Crippen LogP contribution < -0.4 is 10.0 Å². The highest BCUT2D eigenvalue weighted by atomic mass is 32.2. The van der Waals surface area contributed by atoms with Gasteiger partial charge in [0.2, 0.25) is 10.0 Å². The van der Waals surface area contributed by atoms with E-state index in [4.69, 9.17) is 0 Å². The Labute approximate surface area is 155 Å². The molecule has 4 nitrogen and oxygen atoms in total. The van der Waals surface area contributed by atoms with Crippen molar-refractivity contribution in [2.24, 2.45) is 5.92 Å². The van der Waals surface area contributed by atoms with Gasteiger partial charge in [0.15, 0.2) is 0 Å². The highest BCUT2D eigenvalue weighted by Gasteiger charge is 2.32. The standard InChI is InChI=1S/C19H28N2O2S2/c1-19(2,3)25(22,23)21-16-6-4-14(5-7-16)13-20-17-8-9-18-15(12-17)10-11-24-18/h8-12,14,16,20-21H,4-7,13H2,1-3H3/t14-,16-. The molecule has 6 heteroatoms. The minimum absolute atomic E-state index is 0.0858. The topological polar surface area (TPSA) is 58.2 Å². The van der Waals surface area contributed by atoms with Crippen LogP contribution in [0, 0.1) is 5.92 Å². The quantitative estimate of drug-likeness (QED) is 0.797. The fraction of sp³-hybridized carbons (Fsp3) is 0.579. The van der Waals surface area contributed by atoms with Crippen molar-refractivity contribution in [1.82, 2.24) is 4.72 Å². The number of nitrogens with one attached hydrogen (secondary N) is 2. The Hall–Kier alpha value is -1.11. The van der Waals surface area contributed by atoms with Crippen LogP contribution in [0.3, 0.4) is 0 Å². The fourth-order valence-electron chi connectivity index (χ4n) is 3.22. The number of anilines is 1. The maximum absolute atomic E-state index is 12.3. The van der Waals surface area contributed by atoms with Gasteiger partial charge in [-0.2, -0.15) is 0 Å². The summed E-state index contributed by atoms with van der Waals surface area (Å²) < 4.78 is 28.0. The van der Waals surface area contributed by atoms with E-state index in [-0.39, 0.29) is 6.04 Å². The molecule has 2 aromatic rings. The van der Waals surface area contributed by atoms with Gasteiger partial charge in [-0.1, -0.05) is 0 Å². The number of thiophene rings is 1. The summed E-state index contributed by atoms with van der Waals surface area (Å²) in [6.45, 7) is 6.19. The molecule has 3 rings (SSSR count). The van der Waals surface area contributed by atoms with Crippen LogP contribution in [0.15, 0.2) is 29.6 Å². The summed E-state index contributed by atoms with van der Waals surface area (Å²) in [7, 11) is -3.25. The Morgan fingerprint density at radius 1 is 1.12 bits per heavy atom. The normalized spacial score (nSPS) is 22.2. The monoisotopic (exact) mass is 380 g/mol. The Morgan fingerprint density at radius 3 is 2.52 bits per heavy atom. The van der Waals surface area contributed by atoms with Gasteiger partial charge < -0.3 is 5.32 Å². The third-order valence-corrected chi connectivity index (χ3v) is 8.18. The predicted octanol–water partition coefficient (Wildman–Crippen LogP) is 4.59. The van der Waals surface area contributed by atoms with Crippen molar-refractivity contribution < 1.29 is 8.42 Å². The second kappa shape index (κ2) is 7.25. The zero-order chi connectivity index (χ0) is 18.1. The van der Waals surface area contributed by atoms with Crippen molar-refractivity contribution in [2.45, 2.75) is 57.2 Å². The molecule has 1 aliphatic carbocycles. The number of fused-ring (bicyclic) bond motifs is 1. The molecule has 0 saturated heterocycles. The third kappa shape index (κ3) is 4.54. The smallest absolute Gasteiger partial charge is 0.216 e. The van der Waals surface area contributed by atoms with Gasteiger partial charge in [0.1, 0.15) is 0 Å². The number of sulfonamides is 1. The van der Waals surface area contributed by atoms with Gasteiger partial charge in [0.25, 0.3) is 0 Å². The van der Waals surface area contributed by atoms with E-state index >= 15 is 0 Å². The molecule has 0 unspecified atom stereocenters. The fourth-order valence-corrected chi connectivity index (χ4v) is 5.02. The van der Waals surface area contributed by atoms with Crippen LogP contribution in [0.5, 0.6) is 0 Å². The van der Waals surface area contributed by atoms with E-state index in [1.54, 1.807) is 32.1 Å². The first-order valence-corrected chi connectivity index (χ1v) is 11.3. The molecule has 0 bridgehead atoms. The Kier molecular flexibility index (Phi) is 5.42.